The highest BCUT2D eigenvalue weighted by molar-refractivity contribution is 7.91. The monoisotopic (exact) mass is 306 g/mol. The van der Waals surface area contributed by atoms with E-state index in [1.807, 2.05) is 13.8 Å². The number of benzene rings is 1. The summed E-state index contributed by atoms with van der Waals surface area (Å²) in [7, 11) is -2.96. The van der Waals surface area contributed by atoms with Gasteiger partial charge in [-0.15, -0.1) is 0 Å². The number of alkyl halides is 2. The van der Waals surface area contributed by atoms with Gasteiger partial charge in [0, 0.05) is 13.6 Å². The van der Waals surface area contributed by atoms with Gasteiger partial charge in [0.15, 0.2) is 0 Å². The first-order chi connectivity index (χ1) is 9.12. The Morgan fingerprint density at radius 3 is 2.35 bits per heavy atom. The van der Waals surface area contributed by atoms with Crippen LogP contribution in [-0.4, -0.2) is 34.3 Å². The average Bonchev–Trinajstić information content (AvgIpc) is 2.38. The van der Waals surface area contributed by atoms with Crippen molar-refractivity contribution < 1.29 is 17.2 Å². The van der Waals surface area contributed by atoms with Crippen molar-refractivity contribution in [2.75, 3.05) is 25.0 Å². The molecule has 4 nitrogen and oxygen atoms in total. The van der Waals surface area contributed by atoms with E-state index >= 15 is 0 Å². The van der Waals surface area contributed by atoms with Crippen molar-refractivity contribution in [3.63, 3.8) is 0 Å². The minimum absolute atomic E-state index is 0.254. The van der Waals surface area contributed by atoms with E-state index in [4.69, 9.17) is 5.73 Å². The third-order valence-corrected chi connectivity index (χ3v) is 4.46. The number of para-hydroxylation sites is 1. The van der Waals surface area contributed by atoms with Crippen LogP contribution < -0.4 is 10.6 Å². The zero-order chi connectivity index (χ0) is 15.6. The fourth-order valence-electron chi connectivity index (χ4n) is 1.90. The highest BCUT2D eigenvalue weighted by atomic mass is 32.2. The van der Waals surface area contributed by atoms with Crippen LogP contribution in [0.3, 0.4) is 0 Å². The number of halogens is 2. The molecule has 0 aromatic heterocycles. The molecule has 0 atom stereocenters. The van der Waals surface area contributed by atoms with E-state index < -0.39 is 15.6 Å². The molecule has 0 heterocycles. The molecule has 1 aromatic carbocycles. The zero-order valence-electron chi connectivity index (χ0n) is 11.8. The predicted octanol–water partition coefficient (Wildman–Crippen LogP) is 2.10. The van der Waals surface area contributed by atoms with Crippen molar-refractivity contribution >= 4 is 15.5 Å². The molecule has 0 spiro atoms. The minimum Gasteiger partial charge on any atom is -0.373 e. The van der Waals surface area contributed by atoms with E-state index in [0.717, 1.165) is 0 Å². The van der Waals surface area contributed by atoms with Crippen LogP contribution in [0, 0.1) is 5.41 Å². The number of hydrogen-bond donors (Lipinski definition) is 1. The predicted molar refractivity (Wildman–Crippen MR) is 75.7 cm³/mol. The quantitative estimate of drug-likeness (QED) is 0.874. The van der Waals surface area contributed by atoms with Gasteiger partial charge in [0.25, 0.3) is 0 Å². The molecule has 0 fully saturated rings. The van der Waals surface area contributed by atoms with Crippen LogP contribution in [0.15, 0.2) is 29.2 Å². The largest absolute Gasteiger partial charge is 0.373 e. The zero-order valence-corrected chi connectivity index (χ0v) is 12.6. The van der Waals surface area contributed by atoms with Crippen LogP contribution in [0.4, 0.5) is 14.5 Å². The van der Waals surface area contributed by atoms with Crippen LogP contribution in [0.2, 0.25) is 0 Å². The van der Waals surface area contributed by atoms with Crippen molar-refractivity contribution in [1.29, 1.82) is 0 Å². The molecule has 0 bridgehead atoms. The Balaban J connectivity index is 3.21. The summed E-state index contributed by atoms with van der Waals surface area (Å²) in [5, 5.41) is 0. The van der Waals surface area contributed by atoms with Gasteiger partial charge in [-0.05, 0) is 24.1 Å². The third-order valence-electron chi connectivity index (χ3n) is 3.04. The lowest BCUT2D eigenvalue weighted by Gasteiger charge is -2.31. The van der Waals surface area contributed by atoms with Gasteiger partial charge in [-0.25, -0.2) is 8.42 Å². The van der Waals surface area contributed by atoms with Gasteiger partial charge >= 0.3 is 5.76 Å². The Morgan fingerprint density at radius 2 is 1.85 bits per heavy atom. The first kappa shape index (κ1) is 16.8. The van der Waals surface area contributed by atoms with Crippen LogP contribution in [0.25, 0.3) is 0 Å². The van der Waals surface area contributed by atoms with Gasteiger partial charge in [-0.2, -0.15) is 8.78 Å². The summed E-state index contributed by atoms with van der Waals surface area (Å²) < 4.78 is 48.8. The van der Waals surface area contributed by atoms with E-state index in [2.05, 4.69) is 0 Å². The molecule has 114 valence electrons. The lowest BCUT2D eigenvalue weighted by Crippen LogP contribution is -2.37. The Kier molecular flexibility index (Phi) is 5.10. The number of hydrogen-bond acceptors (Lipinski definition) is 4. The lowest BCUT2D eigenvalue weighted by molar-refractivity contribution is 0.235. The molecule has 1 rings (SSSR count). The first-order valence-electron chi connectivity index (χ1n) is 6.14. The lowest BCUT2D eigenvalue weighted by atomic mass is 9.93. The molecule has 0 saturated heterocycles. The number of sulfone groups is 1. The van der Waals surface area contributed by atoms with Gasteiger partial charge in [-0.3, -0.25) is 0 Å². The fourth-order valence-corrected chi connectivity index (χ4v) is 2.88. The Bertz CT molecular complexity index is 559. The van der Waals surface area contributed by atoms with Crippen LogP contribution in [0.5, 0.6) is 0 Å². The Hall–Kier alpha value is -1.21. The van der Waals surface area contributed by atoms with E-state index in [9.17, 15) is 17.2 Å². The molecule has 0 saturated carbocycles. The van der Waals surface area contributed by atoms with E-state index in [1.54, 1.807) is 18.0 Å². The van der Waals surface area contributed by atoms with E-state index in [1.165, 1.54) is 18.2 Å². The Labute approximate surface area is 118 Å². The highest BCUT2D eigenvalue weighted by Gasteiger charge is 2.30. The van der Waals surface area contributed by atoms with E-state index in [-0.39, 0.29) is 16.0 Å². The standard InChI is InChI=1S/C13H20F2N2O2S/c1-13(2,8-16)9-17(3)10-6-4-5-7-11(10)20(18,19)12(14)15/h4-7,12H,8-9,16H2,1-3H3. The van der Waals surface area contributed by atoms with Gasteiger partial charge in [-0.1, -0.05) is 26.0 Å². The molecule has 0 unspecified atom stereocenters. The summed E-state index contributed by atoms with van der Waals surface area (Å²) in [6.45, 7) is 4.71. The van der Waals surface area contributed by atoms with Gasteiger partial charge < -0.3 is 10.6 Å². The summed E-state index contributed by atoms with van der Waals surface area (Å²) in [5.41, 5.74) is 5.64. The maximum absolute atomic E-state index is 12.7. The van der Waals surface area contributed by atoms with Crippen molar-refractivity contribution in [2.24, 2.45) is 11.1 Å². The van der Waals surface area contributed by atoms with Crippen molar-refractivity contribution in [3.05, 3.63) is 24.3 Å². The summed E-state index contributed by atoms with van der Waals surface area (Å²) >= 11 is 0. The second-order valence-electron chi connectivity index (χ2n) is 5.50. The normalized spacial score (nSPS) is 12.8. The minimum atomic E-state index is -4.62. The summed E-state index contributed by atoms with van der Waals surface area (Å²) in [5.74, 6) is -3.43. The molecular weight excluding hydrogens is 286 g/mol. The van der Waals surface area contributed by atoms with Crippen molar-refractivity contribution in [1.82, 2.24) is 0 Å². The summed E-state index contributed by atoms with van der Waals surface area (Å²) in [4.78, 5) is 1.28. The van der Waals surface area contributed by atoms with Crippen LogP contribution in [0.1, 0.15) is 13.8 Å². The number of nitrogens with two attached hydrogens (primary N) is 1. The molecule has 2 N–H and O–H groups in total. The molecule has 7 heteroatoms. The molecule has 20 heavy (non-hydrogen) atoms. The molecular formula is C13H20F2N2O2S. The molecule has 0 aliphatic carbocycles. The number of anilines is 1. The fraction of sp³-hybridized carbons (Fsp3) is 0.538. The number of rotatable bonds is 6. The summed E-state index contributed by atoms with van der Waals surface area (Å²) in [6, 6.07) is 5.76. The smallest absolute Gasteiger partial charge is 0.341 e. The van der Waals surface area contributed by atoms with Crippen LogP contribution in [-0.2, 0) is 9.84 Å². The first-order valence-corrected chi connectivity index (χ1v) is 7.69. The number of nitrogens with zero attached hydrogens (tertiary/aromatic N) is 1. The third kappa shape index (κ3) is 3.67. The summed E-state index contributed by atoms with van der Waals surface area (Å²) in [6.07, 6.45) is 0. The Morgan fingerprint density at radius 1 is 1.30 bits per heavy atom. The van der Waals surface area contributed by atoms with Gasteiger partial charge in [0.1, 0.15) is 0 Å². The highest BCUT2D eigenvalue weighted by Crippen LogP contribution is 2.30. The topological polar surface area (TPSA) is 63.4 Å². The SMILES string of the molecule is CN(CC(C)(C)CN)c1ccccc1S(=O)(=O)C(F)F. The molecule has 0 aliphatic rings. The maximum Gasteiger partial charge on any atom is 0.341 e. The van der Waals surface area contributed by atoms with Crippen LogP contribution >= 0.6 is 0 Å². The van der Waals surface area contributed by atoms with Crippen molar-refractivity contribution in [2.45, 2.75) is 24.5 Å². The molecule has 1 aromatic rings. The van der Waals surface area contributed by atoms with Gasteiger partial charge in [0.2, 0.25) is 9.84 Å². The second kappa shape index (κ2) is 6.05. The molecule has 0 aliphatic heterocycles. The van der Waals surface area contributed by atoms with Crippen molar-refractivity contribution in [3.8, 4) is 0 Å². The van der Waals surface area contributed by atoms with E-state index in [0.29, 0.717) is 13.1 Å². The average molecular weight is 306 g/mol. The molecule has 0 amide bonds. The second-order valence-corrected chi connectivity index (χ2v) is 7.38. The molecule has 0 radical (unpaired) electrons. The maximum atomic E-state index is 12.7. The van der Waals surface area contributed by atoms with Gasteiger partial charge in [0.05, 0.1) is 10.6 Å².